The largest absolute Gasteiger partial charge is 0.490 e. The van der Waals surface area contributed by atoms with E-state index in [1.165, 1.54) is 0 Å². The first-order chi connectivity index (χ1) is 17.7. The lowest BCUT2D eigenvalue weighted by Crippen LogP contribution is -2.25. The van der Waals surface area contributed by atoms with Crippen molar-refractivity contribution in [2.45, 2.75) is 25.5 Å². The molecule has 184 valence electrons. The predicted molar refractivity (Wildman–Crippen MR) is 141 cm³/mol. The zero-order chi connectivity index (χ0) is 24.7. The van der Waals surface area contributed by atoms with Gasteiger partial charge in [0.25, 0.3) is 0 Å². The van der Waals surface area contributed by atoms with Crippen molar-refractivity contribution in [1.29, 1.82) is 0 Å². The van der Waals surface area contributed by atoms with Gasteiger partial charge in [0.05, 0.1) is 30.8 Å². The van der Waals surface area contributed by atoms with Crippen LogP contribution in [0, 0.1) is 0 Å². The highest BCUT2D eigenvalue weighted by molar-refractivity contribution is 6.09. The van der Waals surface area contributed by atoms with Crippen LogP contribution >= 0.6 is 0 Å². The second kappa shape index (κ2) is 11.0. The van der Waals surface area contributed by atoms with Gasteiger partial charge in [0, 0.05) is 62.8 Å². The first-order valence-corrected chi connectivity index (χ1v) is 11.9. The number of hydrogen-bond donors (Lipinski definition) is 2. The van der Waals surface area contributed by atoms with Crippen molar-refractivity contribution >= 4 is 23.3 Å². The Morgan fingerprint density at radius 1 is 1.17 bits per heavy atom. The van der Waals surface area contributed by atoms with Crippen LogP contribution in [0.25, 0.3) is 22.6 Å². The summed E-state index contributed by atoms with van der Waals surface area (Å²) < 4.78 is 13.5. The summed E-state index contributed by atoms with van der Waals surface area (Å²) in [5.74, 6) is 1.55. The quantitative estimate of drug-likeness (QED) is 0.365. The van der Waals surface area contributed by atoms with E-state index in [0.29, 0.717) is 6.54 Å². The Morgan fingerprint density at radius 3 is 2.78 bits per heavy atom. The molecule has 0 aliphatic carbocycles. The topological polar surface area (TPSA) is 112 Å². The van der Waals surface area contributed by atoms with Crippen molar-refractivity contribution in [3.63, 3.8) is 0 Å². The van der Waals surface area contributed by atoms with Gasteiger partial charge in [-0.15, -0.1) is 0 Å². The number of aliphatic imine (C=N–C) groups is 1. The summed E-state index contributed by atoms with van der Waals surface area (Å²) in [5, 5.41) is 3.38. The number of benzene rings is 1. The fraction of sp³-hybridized carbons (Fsp3) is 0.259. The Labute approximate surface area is 209 Å². The zero-order valence-electron chi connectivity index (χ0n) is 20.2. The summed E-state index contributed by atoms with van der Waals surface area (Å²) >= 11 is 0. The van der Waals surface area contributed by atoms with Gasteiger partial charge in [0.15, 0.2) is 0 Å². The third kappa shape index (κ3) is 5.36. The number of aromatic nitrogens is 4. The summed E-state index contributed by atoms with van der Waals surface area (Å²) in [4.78, 5) is 17.5. The van der Waals surface area contributed by atoms with E-state index in [1.54, 1.807) is 25.8 Å². The molecule has 5 rings (SSSR count). The van der Waals surface area contributed by atoms with Crippen molar-refractivity contribution in [2.75, 3.05) is 25.6 Å². The van der Waals surface area contributed by atoms with Gasteiger partial charge in [-0.1, -0.05) is 24.3 Å². The molecule has 3 N–H and O–H groups in total. The fourth-order valence-electron chi connectivity index (χ4n) is 4.17. The van der Waals surface area contributed by atoms with Gasteiger partial charge in [-0.2, -0.15) is 0 Å². The van der Waals surface area contributed by atoms with Gasteiger partial charge in [0.2, 0.25) is 0 Å². The van der Waals surface area contributed by atoms with E-state index in [4.69, 9.17) is 15.2 Å². The Morgan fingerprint density at radius 2 is 2.00 bits per heavy atom. The van der Waals surface area contributed by atoms with Crippen LogP contribution in [-0.2, 0) is 11.3 Å². The molecule has 0 radical (unpaired) electrons. The van der Waals surface area contributed by atoms with Crippen molar-refractivity contribution in [1.82, 2.24) is 19.4 Å². The van der Waals surface area contributed by atoms with Crippen molar-refractivity contribution < 1.29 is 9.47 Å². The van der Waals surface area contributed by atoms with Crippen LogP contribution in [0.5, 0.6) is 5.75 Å². The minimum Gasteiger partial charge on any atom is -0.490 e. The van der Waals surface area contributed by atoms with Gasteiger partial charge in [0.1, 0.15) is 29.6 Å². The Bertz CT molecular complexity index is 1370. The molecule has 9 nitrogen and oxygen atoms in total. The Hall–Kier alpha value is -4.24. The number of allylic oxidation sites excluding steroid dienone is 1. The van der Waals surface area contributed by atoms with E-state index in [1.807, 2.05) is 47.1 Å². The lowest BCUT2D eigenvalue weighted by Gasteiger charge is -2.23. The number of nitrogens with two attached hydrogens (primary N) is 1. The molecule has 0 amide bonds. The number of nitrogens with one attached hydrogen (secondary N) is 1. The molecule has 9 heteroatoms. The maximum absolute atomic E-state index is 6.13. The SMILES string of the molecule is CN=C/C(=C\N)c1ccc(CNc2cc(-c3cnc4cc(OC5CCOCC5)ccn34)ncn2)cc1. The predicted octanol–water partition coefficient (Wildman–Crippen LogP) is 3.96. The monoisotopic (exact) mass is 483 g/mol. The highest BCUT2D eigenvalue weighted by atomic mass is 16.5. The summed E-state index contributed by atoms with van der Waals surface area (Å²) in [5.41, 5.74) is 11.2. The molecule has 0 saturated carbocycles. The van der Waals surface area contributed by atoms with E-state index in [0.717, 1.165) is 71.4 Å². The maximum Gasteiger partial charge on any atom is 0.140 e. The summed E-state index contributed by atoms with van der Waals surface area (Å²) in [6.45, 7) is 2.12. The van der Waals surface area contributed by atoms with Gasteiger partial charge in [-0.3, -0.25) is 9.39 Å². The van der Waals surface area contributed by atoms with Crippen LogP contribution < -0.4 is 15.8 Å². The first kappa shape index (κ1) is 23.5. The molecule has 0 spiro atoms. The number of rotatable bonds is 8. The molecule has 1 fully saturated rings. The number of nitrogens with zero attached hydrogens (tertiary/aromatic N) is 5. The third-order valence-electron chi connectivity index (χ3n) is 6.09. The van der Waals surface area contributed by atoms with Crippen LogP contribution in [0.2, 0.25) is 0 Å². The minimum atomic E-state index is 0.187. The summed E-state index contributed by atoms with van der Waals surface area (Å²) in [7, 11) is 1.73. The van der Waals surface area contributed by atoms with Gasteiger partial charge in [-0.05, 0) is 17.2 Å². The number of pyridine rings is 1. The fourth-order valence-corrected chi connectivity index (χ4v) is 4.17. The third-order valence-corrected chi connectivity index (χ3v) is 6.09. The first-order valence-electron chi connectivity index (χ1n) is 11.9. The molecule has 3 aromatic heterocycles. The maximum atomic E-state index is 6.13. The van der Waals surface area contributed by atoms with Gasteiger partial charge >= 0.3 is 0 Å². The van der Waals surface area contributed by atoms with Crippen LogP contribution in [0.1, 0.15) is 24.0 Å². The number of anilines is 1. The van der Waals surface area contributed by atoms with Gasteiger partial charge in [-0.25, -0.2) is 15.0 Å². The second-order valence-corrected chi connectivity index (χ2v) is 8.51. The second-order valence-electron chi connectivity index (χ2n) is 8.51. The van der Waals surface area contributed by atoms with E-state index in [9.17, 15) is 0 Å². The van der Waals surface area contributed by atoms with E-state index in [2.05, 4.69) is 37.4 Å². The molecule has 36 heavy (non-hydrogen) atoms. The van der Waals surface area contributed by atoms with Crippen molar-refractivity contribution in [2.24, 2.45) is 10.7 Å². The number of ether oxygens (including phenoxy) is 2. The van der Waals surface area contributed by atoms with Crippen LogP contribution in [-0.4, -0.2) is 51.9 Å². The molecule has 1 aromatic carbocycles. The van der Waals surface area contributed by atoms with Crippen LogP contribution in [0.4, 0.5) is 5.82 Å². The standard InChI is InChI=1S/C27H29N7O2/c1-29-16-21(14-28)20-4-2-19(3-5-20)15-30-26-13-24(32-18-33-26)25-17-31-27-12-23(6-9-34(25)27)36-22-7-10-35-11-8-22/h2-6,9,12-14,16-18,22H,7-8,10-11,15,28H2,1H3,(H,30,32,33)/b21-14+,29-16?. The summed E-state index contributed by atoms with van der Waals surface area (Å²) in [6.07, 6.45) is 10.7. The van der Waals surface area contributed by atoms with Crippen molar-refractivity contribution in [3.8, 4) is 17.1 Å². The molecule has 4 heterocycles. The van der Waals surface area contributed by atoms with E-state index >= 15 is 0 Å². The molecule has 0 bridgehead atoms. The summed E-state index contributed by atoms with van der Waals surface area (Å²) in [6, 6.07) is 14.0. The minimum absolute atomic E-state index is 0.187. The normalized spacial score (nSPS) is 15.0. The molecule has 0 atom stereocenters. The molecule has 0 unspecified atom stereocenters. The molecule has 1 aliphatic heterocycles. The van der Waals surface area contributed by atoms with E-state index < -0.39 is 0 Å². The smallest absolute Gasteiger partial charge is 0.140 e. The number of imidazole rings is 1. The average molecular weight is 484 g/mol. The molecule has 1 aliphatic rings. The zero-order valence-corrected chi connectivity index (χ0v) is 20.2. The Kier molecular flexibility index (Phi) is 7.18. The molecular formula is C27H29N7O2. The lowest BCUT2D eigenvalue weighted by molar-refractivity contribution is 0.0256. The van der Waals surface area contributed by atoms with Crippen LogP contribution in [0.15, 0.2) is 72.4 Å². The molecule has 1 saturated heterocycles. The number of hydrogen-bond acceptors (Lipinski definition) is 8. The average Bonchev–Trinajstić information content (AvgIpc) is 3.35. The lowest BCUT2D eigenvalue weighted by atomic mass is 10.1. The van der Waals surface area contributed by atoms with Crippen molar-refractivity contribution in [3.05, 3.63) is 78.5 Å². The van der Waals surface area contributed by atoms with E-state index in [-0.39, 0.29) is 6.10 Å². The highest BCUT2D eigenvalue weighted by Crippen LogP contribution is 2.25. The molecular weight excluding hydrogens is 454 g/mol. The van der Waals surface area contributed by atoms with Gasteiger partial charge < -0.3 is 20.5 Å². The Balaban J connectivity index is 1.27. The number of fused-ring (bicyclic) bond motifs is 1. The molecule has 4 aromatic rings. The van der Waals surface area contributed by atoms with Crippen LogP contribution in [0.3, 0.4) is 0 Å². The highest BCUT2D eigenvalue weighted by Gasteiger charge is 2.16.